The molecule has 19 heavy (non-hydrogen) atoms. The van der Waals surface area contributed by atoms with E-state index in [-0.39, 0.29) is 10.6 Å². The van der Waals surface area contributed by atoms with E-state index in [0.717, 1.165) is 12.1 Å². The number of nitrogens with zero attached hydrogens (tertiary/aromatic N) is 1. The van der Waals surface area contributed by atoms with E-state index in [4.69, 9.17) is 4.74 Å². The van der Waals surface area contributed by atoms with E-state index in [1.54, 1.807) is 19.2 Å². The SMILES string of the molecule is COc1ccc([N+](=O)[O-])cc1CNCC1(C)CCC1. The summed E-state index contributed by atoms with van der Waals surface area (Å²) >= 11 is 0. The van der Waals surface area contributed by atoms with Gasteiger partial charge in [0.1, 0.15) is 5.75 Å². The van der Waals surface area contributed by atoms with Crippen LogP contribution in [0.5, 0.6) is 5.75 Å². The first-order valence-electron chi connectivity index (χ1n) is 6.56. The molecule has 1 saturated carbocycles. The largest absolute Gasteiger partial charge is 0.496 e. The third-order valence-electron chi connectivity index (χ3n) is 3.90. The van der Waals surface area contributed by atoms with Crippen LogP contribution in [0.1, 0.15) is 31.7 Å². The highest BCUT2D eigenvalue weighted by Crippen LogP contribution is 2.39. The van der Waals surface area contributed by atoms with E-state index in [0.29, 0.717) is 17.7 Å². The second-order valence-electron chi connectivity index (χ2n) is 5.52. The van der Waals surface area contributed by atoms with Crippen LogP contribution in [0.4, 0.5) is 5.69 Å². The molecule has 0 saturated heterocycles. The number of methoxy groups -OCH3 is 1. The molecule has 0 aliphatic heterocycles. The van der Waals surface area contributed by atoms with E-state index < -0.39 is 0 Å². The minimum atomic E-state index is -0.379. The van der Waals surface area contributed by atoms with Gasteiger partial charge in [-0.15, -0.1) is 0 Å². The van der Waals surface area contributed by atoms with Crippen molar-refractivity contribution in [2.24, 2.45) is 5.41 Å². The van der Waals surface area contributed by atoms with Gasteiger partial charge in [-0.2, -0.15) is 0 Å². The third-order valence-corrected chi connectivity index (χ3v) is 3.90. The maximum Gasteiger partial charge on any atom is 0.270 e. The Kier molecular flexibility index (Phi) is 4.04. The molecular formula is C14H20N2O3. The molecule has 5 heteroatoms. The normalized spacial score (nSPS) is 16.7. The molecule has 1 aliphatic carbocycles. The van der Waals surface area contributed by atoms with Gasteiger partial charge in [0.05, 0.1) is 12.0 Å². The van der Waals surface area contributed by atoms with Gasteiger partial charge >= 0.3 is 0 Å². The highest BCUT2D eigenvalue weighted by molar-refractivity contribution is 5.43. The summed E-state index contributed by atoms with van der Waals surface area (Å²) in [4.78, 5) is 10.4. The maximum atomic E-state index is 10.8. The van der Waals surface area contributed by atoms with Crippen molar-refractivity contribution < 1.29 is 9.66 Å². The molecule has 0 spiro atoms. The highest BCUT2D eigenvalue weighted by atomic mass is 16.6. The minimum Gasteiger partial charge on any atom is -0.496 e. The van der Waals surface area contributed by atoms with Crippen LogP contribution in [0.25, 0.3) is 0 Å². The van der Waals surface area contributed by atoms with Crippen molar-refractivity contribution in [1.82, 2.24) is 5.32 Å². The summed E-state index contributed by atoms with van der Waals surface area (Å²) in [5, 5.41) is 14.2. The number of hydrogen-bond acceptors (Lipinski definition) is 4. The average molecular weight is 264 g/mol. The van der Waals surface area contributed by atoms with Gasteiger partial charge in [0.2, 0.25) is 0 Å². The molecule has 0 radical (unpaired) electrons. The fourth-order valence-electron chi connectivity index (χ4n) is 2.47. The van der Waals surface area contributed by atoms with Crippen LogP contribution in [-0.2, 0) is 6.54 Å². The van der Waals surface area contributed by atoms with Crippen LogP contribution in [0.2, 0.25) is 0 Å². The Bertz CT molecular complexity index is 470. The molecule has 1 N–H and O–H groups in total. The van der Waals surface area contributed by atoms with Crippen LogP contribution in [-0.4, -0.2) is 18.6 Å². The molecule has 0 aromatic heterocycles. The van der Waals surface area contributed by atoms with Gasteiger partial charge in [-0.05, 0) is 24.3 Å². The topological polar surface area (TPSA) is 64.4 Å². The number of hydrogen-bond donors (Lipinski definition) is 1. The molecule has 1 aromatic carbocycles. The van der Waals surface area contributed by atoms with Crippen molar-refractivity contribution in [1.29, 1.82) is 0 Å². The summed E-state index contributed by atoms with van der Waals surface area (Å²) < 4.78 is 5.24. The molecule has 0 heterocycles. The summed E-state index contributed by atoms with van der Waals surface area (Å²) in [5.74, 6) is 0.692. The molecule has 104 valence electrons. The minimum absolute atomic E-state index is 0.104. The Morgan fingerprint density at radius 3 is 2.74 bits per heavy atom. The molecule has 1 fully saturated rings. The lowest BCUT2D eigenvalue weighted by atomic mass is 9.70. The zero-order chi connectivity index (χ0) is 13.9. The lowest BCUT2D eigenvalue weighted by molar-refractivity contribution is -0.384. The zero-order valence-electron chi connectivity index (χ0n) is 11.4. The molecular weight excluding hydrogens is 244 g/mol. The van der Waals surface area contributed by atoms with Crippen LogP contribution >= 0.6 is 0 Å². The number of benzene rings is 1. The van der Waals surface area contributed by atoms with Gasteiger partial charge < -0.3 is 10.1 Å². The van der Waals surface area contributed by atoms with E-state index in [2.05, 4.69) is 12.2 Å². The van der Waals surface area contributed by atoms with Crippen molar-refractivity contribution >= 4 is 5.69 Å². The first kappa shape index (κ1) is 13.8. The van der Waals surface area contributed by atoms with Gasteiger partial charge in [0.15, 0.2) is 0 Å². The number of nitro groups is 1. The van der Waals surface area contributed by atoms with E-state index in [1.807, 2.05) is 0 Å². The number of nitro benzene ring substituents is 1. The number of nitrogens with one attached hydrogen (secondary N) is 1. The molecule has 0 amide bonds. The summed E-state index contributed by atoms with van der Waals surface area (Å²) in [6.07, 6.45) is 3.82. The van der Waals surface area contributed by atoms with Crippen LogP contribution < -0.4 is 10.1 Å². The second kappa shape index (κ2) is 5.57. The molecule has 0 atom stereocenters. The standard InChI is InChI=1S/C14H20N2O3/c1-14(6-3-7-14)10-15-9-11-8-12(16(17)18)4-5-13(11)19-2/h4-5,8,15H,3,6-7,9-10H2,1-2H3. The Balaban J connectivity index is 2.00. The number of non-ortho nitro benzene ring substituents is 1. The molecule has 2 rings (SSSR count). The molecule has 0 unspecified atom stereocenters. The van der Waals surface area contributed by atoms with Crippen LogP contribution in [0.3, 0.4) is 0 Å². The predicted molar refractivity (Wildman–Crippen MR) is 73.3 cm³/mol. The summed E-state index contributed by atoms with van der Waals surface area (Å²) in [6, 6.07) is 4.70. The number of rotatable bonds is 6. The fraction of sp³-hybridized carbons (Fsp3) is 0.571. The lowest BCUT2D eigenvalue weighted by Crippen LogP contribution is -2.37. The van der Waals surface area contributed by atoms with Crippen molar-refractivity contribution in [3.63, 3.8) is 0 Å². The van der Waals surface area contributed by atoms with Gasteiger partial charge in [-0.3, -0.25) is 10.1 Å². The third kappa shape index (κ3) is 3.23. The first-order valence-corrected chi connectivity index (χ1v) is 6.56. The van der Waals surface area contributed by atoms with Gasteiger partial charge in [-0.1, -0.05) is 13.3 Å². The monoisotopic (exact) mass is 264 g/mol. The van der Waals surface area contributed by atoms with E-state index in [9.17, 15) is 10.1 Å². The molecule has 1 aromatic rings. The average Bonchev–Trinajstić information content (AvgIpc) is 2.36. The van der Waals surface area contributed by atoms with Crippen molar-refractivity contribution in [2.45, 2.75) is 32.7 Å². The Hall–Kier alpha value is -1.62. The Labute approximate surface area is 113 Å². The second-order valence-corrected chi connectivity index (χ2v) is 5.52. The Morgan fingerprint density at radius 1 is 1.47 bits per heavy atom. The molecule has 5 nitrogen and oxygen atoms in total. The molecule has 1 aliphatic rings. The summed E-state index contributed by atoms with van der Waals surface area (Å²) in [7, 11) is 1.58. The molecule has 0 bridgehead atoms. The lowest BCUT2D eigenvalue weighted by Gasteiger charge is -2.38. The van der Waals surface area contributed by atoms with Crippen molar-refractivity contribution in [3.05, 3.63) is 33.9 Å². The first-order chi connectivity index (χ1) is 9.04. The Morgan fingerprint density at radius 2 is 2.21 bits per heavy atom. The van der Waals surface area contributed by atoms with E-state index >= 15 is 0 Å². The quantitative estimate of drug-likeness (QED) is 0.634. The van der Waals surface area contributed by atoms with Gasteiger partial charge in [-0.25, -0.2) is 0 Å². The van der Waals surface area contributed by atoms with Crippen molar-refractivity contribution in [2.75, 3.05) is 13.7 Å². The predicted octanol–water partition coefficient (Wildman–Crippen LogP) is 2.88. The van der Waals surface area contributed by atoms with Crippen LogP contribution in [0.15, 0.2) is 18.2 Å². The zero-order valence-corrected chi connectivity index (χ0v) is 11.4. The van der Waals surface area contributed by atoms with Gasteiger partial charge in [0, 0.05) is 30.8 Å². The summed E-state index contributed by atoms with van der Waals surface area (Å²) in [5.41, 5.74) is 1.33. The van der Waals surface area contributed by atoms with Crippen LogP contribution in [0, 0.1) is 15.5 Å². The van der Waals surface area contributed by atoms with E-state index in [1.165, 1.54) is 25.3 Å². The van der Waals surface area contributed by atoms with Gasteiger partial charge in [0.25, 0.3) is 5.69 Å². The fourth-order valence-corrected chi connectivity index (χ4v) is 2.47. The maximum absolute atomic E-state index is 10.8. The van der Waals surface area contributed by atoms with Crippen molar-refractivity contribution in [3.8, 4) is 5.75 Å². The number of ether oxygens (including phenoxy) is 1. The highest BCUT2D eigenvalue weighted by Gasteiger charge is 2.31. The smallest absolute Gasteiger partial charge is 0.270 e. The summed E-state index contributed by atoms with van der Waals surface area (Å²) in [6.45, 7) is 3.81.